The molecule has 5 nitrogen and oxygen atoms in total. The summed E-state index contributed by atoms with van der Waals surface area (Å²) >= 11 is 0. The van der Waals surface area contributed by atoms with Gasteiger partial charge < -0.3 is 15.6 Å². The summed E-state index contributed by atoms with van der Waals surface area (Å²) in [6.07, 6.45) is 5.50. The standard InChI is InChI=1S/C16H22N4O/c1-12(13(2)17)16(21)19-9-14-3-5-15(6-4-14)10-20-8-7-18-11-20/h3-8,11-13H,9-10,17H2,1-2H3,(H,19,21). The number of aromatic nitrogens is 2. The average molecular weight is 286 g/mol. The fourth-order valence-corrected chi connectivity index (χ4v) is 1.94. The molecule has 3 N–H and O–H groups in total. The fraction of sp³-hybridized carbons (Fsp3) is 0.375. The highest BCUT2D eigenvalue weighted by molar-refractivity contribution is 5.78. The molecular formula is C16H22N4O. The van der Waals surface area contributed by atoms with Gasteiger partial charge in [-0.15, -0.1) is 0 Å². The van der Waals surface area contributed by atoms with E-state index in [9.17, 15) is 4.79 Å². The van der Waals surface area contributed by atoms with Crippen LogP contribution >= 0.6 is 0 Å². The Morgan fingerprint density at radius 3 is 2.52 bits per heavy atom. The van der Waals surface area contributed by atoms with Crippen LogP contribution in [0.4, 0.5) is 0 Å². The van der Waals surface area contributed by atoms with Crippen molar-refractivity contribution in [2.24, 2.45) is 11.7 Å². The molecule has 0 radical (unpaired) electrons. The van der Waals surface area contributed by atoms with Gasteiger partial charge in [-0.1, -0.05) is 31.2 Å². The topological polar surface area (TPSA) is 72.9 Å². The van der Waals surface area contributed by atoms with E-state index in [1.165, 1.54) is 5.56 Å². The van der Waals surface area contributed by atoms with E-state index >= 15 is 0 Å². The first-order chi connectivity index (χ1) is 10.1. The summed E-state index contributed by atoms with van der Waals surface area (Å²) in [5, 5.41) is 2.91. The van der Waals surface area contributed by atoms with Crippen LogP contribution in [0.15, 0.2) is 43.0 Å². The summed E-state index contributed by atoms with van der Waals surface area (Å²) < 4.78 is 2.01. The zero-order valence-corrected chi connectivity index (χ0v) is 12.5. The molecule has 0 aliphatic rings. The Bertz CT molecular complexity index is 560. The Hall–Kier alpha value is -2.14. The molecule has 0 fully saturated rings. The van der Waals surface area contributed by atoms with Crippen molar-refractivity contribution in [2.45, 2.75) is 33.0 Å². The van der Waals surface area contributed by atoms with Gasteiger partial charge in [-0.25, -0.2) is 4.98 Å². The van der Waals surface area contributed by atoms with Gasteiger partial charge in [-0.05, 0) is 18.1 Å². The number of hydrogen-bond acceptors (Lipinski definition) is 3. The van der Waals surface area contributed by atoms with Gasteiger partial charge in [-0.3, -0.25) is 4.79 Å². The number of imidazole rings is 1. The lowest BCUT2D eigenvalue weighted by Gasteiger charge is -2.15. The van der Waals surface area contributed by atoms with Crippen LogP contribution in [0, 0.1) is 5.92 Å². The smallest absolute Gasteiger partial charge is 0.224 e. The molecule has 1 aromatic carbocycles. The minimum atomic E-state index is -0.175. The van der Waals surface area contributed by atoms with E-state index < -0.39 is 0 Å². The molecule has 2 rings (SSSR count). The molecule has 1 aromatic heterocycles. The predicted octanol–water partition coefficient (Wildman–Crippen LogP) is 1.53. The Labute approximate surface area is 125 Å². The lowest BCUT2D eigenvalue weighted by molar-refractivity contribution is -0.125. The quantitative estimate of drug-likeness (QED) is 0.846. The molecule has 0 bridgehead atoms. The molecule has 2 atom stereocenters. The second kappa shape index (κ2) is 7.04. The largest absolute Gasteiger partial charge is 0.352 e. The van der Waals surface area contributed by atoms with E-state index in [-0.39, 0.29) is 17.9 Å². The normalized spacial score (nSPS) is 13.7. The van der Waals surface area contributed by atoms with Gasteiger partial charge in [0.05, 0.1) is 6.33 Å². The summed E-state index contributed by atoms with van der Waals surface area (Å²) in [4.78, 5) is 15.9. The highest BCUT2D eigenvalue weighted by Gasteiger charge is 2.16. The number of carbonyl (C=O) groups excluding carboxylic acids is 1. The second-order valence-electron chi connectivity index (χ2n) is 5.42. The summed E-state index contributed by atoms with van der Waals surface area (Å²) in [5.74, 6) is -0.182. The Kier molecular flexibility index (Phi) is 5.11. The van der Waals surface area contributed by atoms with Crippen LogP contribution in [0.5, 0.6) is 0 Å². The average Bonchev–Trinajstić information content (AvgIpc) is 2.98. The predicted molar refractivity (Wildman–Crippen MR) is 82.4 cm³/mol. The first kappa shape index (κ1) is 15.3. The van der Waals surface area contributed by atoms with E-state index in [4.69, 9.17) is 5.73 Å². The van der Waals surface area contributed by atoms with Crippen LogP contribution in [0.1, 0.15) is 25.0 Å². The SMILES string of the molecule is CC(N)C(C)C(=O)NCc1ccc(Cn2ccnc2)cc1. The third-order valence-electron chi connectivity index (χ3n) is 3.62. The third-order valence-corrected chi connectivity index (χ3v) is 3.62. The fourth-order valence-electron chi connectivity index (χ4n) is 1.94. The van der Waals surface area contributed by atoms with E-state index in [2.05, 4.69) is 22.4 Å². The van der Waals surface area contributed by atoms with Crippen molar-refractivity contribution in [1.29, 1.82) is 0 Å². The van der Waals surface area contributed by atoms with Gasteiger partial charge in [0.25, 0.3) is 0 Å². The van der Waals surface area contributed by atoms with Gasteiger partial charge in [-0.2, -0.15) is 0 Å². The van der Waals surface area contributed by atoms with Gasteiger partial charge in [0.15, 0.2) is 0 Å². The maximum absolute atomic E-state index is 11.8. The zero-order chi connectivity index (χ0) is 15.2. The maximum Gasteiger partial charge on any atom is 0.224 e. The lowest BCUT2D eigenvalue weighted by Crippen LogP contribution is -2.38. The first-order valence-electron chi connectivity index (χ1n) is 7.13. The van der Waals surface area contributed by atoms with Crippen LogP contribution in [-0.2, 0) is 17.9 Å². The summed E-state index contributed by atoms with van der Waals surface area (Å²) in [5.41, 5.74) is 8.00. The Balaban J connectivity index is 1.86. The van der Waals surface area contributed by atoms with Gasteiger partial charge >= 0.3 is 0 Å². The minimum Gasteiger partial charge on any atom is -0.352 e. The molecular weight excluding hydrogens is 264 g/mol. The molecule has 0 saturated heterocycles. The van der Waals surface area contributed by atoms with Gasteiger partial charge in [0, 0.05) is 37.4 Å². The van der Waals surface area contributed by atoms with Crippen molar-refractivity contribution in [3.05, 3.63) is 54.1 Å². The van der Waals surface area contributed by atoms with Crippen LogP contribution in [0.25, 0.3) is 0 Å². The number of benzene rings is 1. The molecule has 2 aromatic rings. The number of nitrogens with one attached hydrogen (secondary N) is 1. The van der Waals surface area contributed by atoms with Crippen LogP contribution in [-0.4, -0.2) is 21.5 Å². The van der Waals surface area contributed by atoms with Gasteiger partial charge in [0.2, 0.25) is 5.91 Å². The molecule has 0 saturated carbocycles. The van der Waals surface area contributed by atoms with E-state index in [0.717, 1.165) is 12.1 Å². The third kappa shape index (κ3) is 4.43. The van der Waals surface area contributed by atoms with E-state index in [0.29, 0.717) is 6.54 Å². The van der Waals surface area contributed by atoms with Crippen molar-refractivity contribution in [1.82, 2.24) is 14.9 Å². The van der Waals surface area contributed by atoms with E-state index in [1.807, 2.05) is 36.7 Å². The molecule has 1 heterocycles. The van der Waals surface area contributed by atoms with Crippen molar-refractivity contribution in [3.63, 3.8) is 0 Å². The Morgan fingerprint density at radius 2 is 1.95 bits per heavy atom. The molecule has 0 aliphatic carbocycles. The van der Waals surface area contributed by atoms with Crippen LogP contribution in [0.2, 0.25) is 0 Å². The minimum absolute atomic E-state index is 0.00695. The van der Waals surface area contributed by atoms with E-state index in [1.54, 1.807) is 12.5 Å². The summed E-state index contributed by atoms with van der Waals surface area (Å²) in [6, 6.07) is 8.06. The van der Waals surface area contributed by atoms with Crippen LogP contribution < -0.4 is 11.1 Å². The molecule has 1 amide bonds. The lowest BCUT2D eigenvalue weighted by atomic mass is 10.0. The number of carbonyl (C=O) groups is 1. The molecule has 0 aliphatic heterocycles. The molecule has 0 spiro atoms. The number of hydrogen-bond donors (Lipinski definition) is 2. The van der Waals surface area contributed by atoms with Crippen molar-refractivity contribution in [3.8, 4) is 0 Å². The molecule has 21 heavy (non-hydrogen) atoms. The first-order valence-corrected chi connectivity index (χ1v) is 7.13. The van der Waals surface area contributed by atoms with Crippen molar-refractivity contribution >= 4 is 5.91 Å². The zero-order valence-electron chi connectivity index (χ0n) is 12.5. The van der Waals surface area contributed by atoms with Crippen molar-refractivity contribution < 1.29 is 4.79 Å². The highest BCUT2D eigenvalue weighted by atomic mass is 16.1. The number of rotatable bonds is 6. The number of amides is 1. The van der Waals surface area contributed by atoms with Gasteiger partial charge in [0.1, 0.15) is 0 Å². The number of nitrogens with two attached hydrogens (primary N) is 1. The number of nitrogens with zero attached hydrogens (tertiary/aromatic N) is 2. The van der Waals surface area contributed by atoms with Crippen molar-refractivity contribution in [2.75, 3.05) is 0 Å². The second-order valence-corrected chi connectivity index (χ2v) is 5.42. The highest BCUT2D eigenvalue weighted by Crippen LogP contribution is 2.07. The monoisotopic (exact) mass is 286 g/mol. The summed E-state index contributed by atoms with van der Waals surface area (Å²) in [6.45, 7) is 5.01. The maximum atomic E-state index is 11.8. The summed E-state index contributed by atoms with van der Waals surface area (Å²) in [7, 11) is 0. The molecule has 5 heteroatoms. The van der Waals surface area contributed by atoms with Crippen LogP contribution in [0.3, 0.4) is 0 Å². The molecule has 2 unspecified atom stereocenters. The molecule has 112 valence electrons. The Morgan fingerprint density at radius 1 is 1.29 bits per heavy atom.